The van der Waals surface area contributed by atoms with E-state index in [4.69, 9.17) is 9.47 Å². The molecule has 2 nitrogen and oxygen atoms in total. The molecule has 1 saturated heterocycles. The number of rotatable bonds is 8. The normalized spacial score (nSPS) is 25.9. The number of ether oxygens (including phenoxy) is 2. The Bertz CT molecular complexity index is 503. The van der Waals surface area contributed by atoms with Crippen molar-refractivity contribution in [3.8, 4) is 5.75 Å². The Morgan fingerprint density at radius 3 is 2.55 bits per heavy atom. The molecule has 3 atom stereocenters. The lowest BCUT2D eigenvalue weighted by molar-refractivity contribution is 0.295. The lowest BCUT2D eigenvalue weighted by atomic mass is 9.92. The lowest BCUT2D eigenvalue weighted by Gasteiger charge is -2.12. The second kappa shape index (κ2) is 7.32. The quantitative estimate of drug-likeness (QED) is 0.488. The molecule has 122 valence electrons. The standard InChI is InChI=1S/C20H30O2/c1-6-17-8-10-18(11-9-17)21-13-12-15(3)16(4)14-19-20(5,7-2)22-19/h8-12,16,19H,6-7,13-14H2,1-5H3. The Kier molecular flexibility index (Phi) is 5.69. The van der Waals surface area contributed by atoms with E-state index in [0.717, 1.165) is 25.0 Å². The van der Waals surface area contributed by atoms with Gasteiger partial charge in [-0.15, -0.1) is 0 Å². The number of epoxide rings is 1. The Labute approximate surface area is 135 Å². The zero-order valence-corrected chi connectivity index (χ0v) is 14.7. The van der Waals surface area contributed by atoms with E-state index in [0.29, 0.717) is 18.6 Å². The van der Waals surface area contributed by atoms with E-state index in [1.165, 1.54) is 11.1 Å². The minimum absolute atomic E-state index is 0.131. The van der Waals surface area contributed by atoms with Crippen molar-refractivity contribution in [2.75, 3.05) is 6.61 Å². The van der Waals surface area contributed by atoms with Crippen molar-refractivity contribution in [2.45, 2.75) is 65.6 Å². The number of hydrogen-bond donors (Lipinski definition) is 0. The summed E-state index contributed by atoms with van der Waals surface area (Å²) < 4.78 is 11.6. The molecule has 2 rings (SSSR count). The van der Waals surface area contributed by atoms with Gasteiger partial charge in [0.25, 0.3) is 0 Å². The monoisotopic (exact) mass is 302 g/mol. The van der Waals surface area contributed by atoms with Gasteiger partial charge in [-0.2, -0.15) is 0 Å². The predicted octanol–water partition coefficient (Wildman–Crippen LogP) is 5.17. The zero-order chi connectivity index (χ0) is 16.2. The fourth-order valence-electron chi connectivity index (χ4n) is 2.70. The van der Waals surface area contributed by atoms with Gasteiger partial charge in [-0.1, -0.05) is 38.5 Å². The molecule has 0 N–H and O–H groups in total. The summed E-state index contributed by atoms with van der Waals surface area (Å²) in [6, 6.07) is 8.36. The van der Waals surface area contributed by atoms with Crippen LogP contribution in [0.15, 0.2) is 35.9 Å². The van der Waals surface area contributed by atoms with Crippen molar-refractivity contribution in [3.63, 3.8) is 0 Å². The third-order valence-electron chi connectivity index (χ3n) is 5.07. The van der Waals surface area contributed by atoms with Crippen molar-refractivity contribution in [1.29, 1.82) is 0 Å². The van der Waals surface area contributed by atoms with Crippen LogP contribution in [0.2, 0.25) is 0 Å². The largest absolute Gasteiger partial charge is 0.490 e. The second-order valence-corrected chi connectivity index (χ2v) is 6.67. The van der Waals surface area contributed by atoms with Crippen LogP contribution >= 0.6 is 0 Å². The fourth-order valence-corrected chi connectivity index (χ4v) is 2.70. The van der Waals surface area contributed by atoms with E-state index >= 15 is 0 Å². The molecule has 0 aliphatic carbocycles. The molecule has 1 aliphatic rings. The molecule has 2 heteroatoms. The summed E-state index contributed by atoms with van der Waals surface area (Å²) in [5.41, 5.74) is 2.86. The summed E-state index contributed by atoms with van der Waals surface area (Å²) in [6.45, 7) is 11.7. The van der Waals surface area contributed by atoms with E-state index in [1.807, 2.05) is 0 Å². The number of hydrogen-bond acceptors (Lipinski definition) is 2. The van der Waals surface area contributed by atoms with Gasteiger partial charge in [0, 0.05) is 0 Å². The van der Waals surface area contributed by atoms with Gasteiger partial charge in [0.1, 0.15) is 12.4 Å². The molecule has 0 saturated carbocycles. The fraction of sp³-hybridized carbons (Fsp3) is 0.600. The average Bonchev–Trinajstić information content (AvgIpc) is 3.18. The molecule has 1 aromatic carbocycles. The minimum atomic E-state index is 0.131. The second-order valence-electron chi connectivity index (χ2n) is 6.67. The Morgan fingerprint density at radius 1 is 1.32 bits per heavy atom. The lowest BCUT2D eigenvalue weighted by Crippen LogP contribution is -2.11. The van der Waals surface area contributed by atoms with Crippen LogP contribution < -0.4 is 4.74 Å². The molecule has 0 bridgehead atoms. The molecule has 3 unspecified atom stereocenters. The van der Waals surface area contributed by atoms with Crippen LogP contribution in [0.25, 0.3) is 0 Å². The number of aryl methyl sites for hydroxylation is 1. The molecular formula is C20H30O2. The van der Waals surface area contributed by atoms with Gasteiger partial charge >= 0.3 is 0 Å². The van der Waals surface area contributed by atoms with Crippen molar-refractivity contribution in [3.05, 3.63) is 41.5 Å². The first-order valence-electron chi connectivity index (χ1n) is 8.54. The minimum Gasteiger partial charge on any atom is -0.490 e. The maximum atomic E-state index is 5.81. The zero-order valence-electron chi connectivity index (χ0n) is 14.7. The molecule has 0 radical (unpaired) electrons. The molecule has 0 amide bonds. The molecule has 1 fully saturated rings. The summed E-state index contributed by atoms with van der Waals surface area (Å²) in [7, 11) is 0. The first kappa shape index (κ1) is 17.1. The van der Waals surface area contributed by atoms with Gasteiger partial charge < -0.3 is 9.47 Å². The summed E-state index contributed by atoms with van der Waals surface area (Å²) in [5.74, 6) is 1.49. The van der Waals surface area contributed by atoms with Crippen LogP contribution in [0.4, 0.5) is 0 Å². The smallest absolute Gasteiger partial charge is 0.119 e. The Balaban J connectivity index is 1.77. The first-order chi connectivity index (χ1) is 10.5. The van der Waals surface area contributed by atoms with Crippen LogP contribution in [-0.4, -0.2) is 18.3 Å². The maximum Gasteiger partial charge on any atom is 0.119 e. The Morgan fingerprint density at radius 2 is 2.00 bits per heavy atom. The molecule has 22 heavy (non-hydrogen) atoms. The molecule has 1 aromatic rings. The van der Waals surface area contributed by atoms with Crippen molar-refractivity contribution in [2.24, 2.45) is 5.92 Å². The SMILES string of the molecule is CCc1ccc(OCC=C(C)C(C)CC2OC2(C)CC)cc1. The number of benzene rings is 1. The van der Waals surface area contributed by atoms with Crippen molar-refractivity contribution in [1.82, 2.24) is 0 Å². The highest BCUT2D eigenvalue weighted by atomic mass is 16.6. The highest BCUT2D eigenvalue weighted by Crippen LogP contribution is 2.43. The predicted molar refractivity (Wildman–Crippen MR) is 92.4 cm³/mol. The van der Waals surface area contributed by atoms with Crippen LogP contribution in [0.1, 0.15) is 53.0 Å². The molecule has 0 spiro atoms. The van der Waals surface area contributed by atoms with Gasteiger partial charge in [-0.05, 0) is 62.8 Å². The third kappa shape index (κ3) is 4.36. The molecule has 1 heterocycles. The van der Waals surface area contributed by atoms with Crippen molar-refractivity contribution >= 4 is 0 Å². The van der Waals surface area contributed by atoms with Gasteiger partial charge in [-0.25, -0.2) is 0 Å². The maximum absolute atomic E-state index is 5.81. The van der Waals surface area contributed by atoms with Crippen molar-refractivity contribution < 1.29 is 9.47 Å². The van der Waals surface area contributed by atoms with E-state index in [1.54, 1.807) is 0 Å². The topological polar surface area (TPSA) is 21.8 Å². The summed E-state index contributed by atoms with van der Waals surface area (Å²) in [6.07, 6.45) is 5.90. The van der Waals surface area contributed by atoms with Crippen LogP contribution in [-0.2, 0) is 11.2 Å². The van der Waals surface area contributed by atoms with E-state index in [2.05, 4.69) is 65.0 Å². The van der Waals surface area contributed by atoms with Gasteiger partial charge in [0.15, 0.2) is 0 Å². The highest BCUT2D eigenvalue weighted by molar-refractivity contribution is 5.27. The van der Waals surface area contributed by atoms with Gasteiger partial charge in [0.05, 0.1) is 11.7 Å². The number of allylic oxidation sites excluding steroid dienone is 1. The molecule has 0 aromatic heterocycles. The molecule has 1 aliphatic heterocycles. The average molecular weight is 302 g/mol. The van der Waals surface area contributed by atoms with Gasteiger partial charge in [0.2, 0.25) is 0 Å². The van der Waals surface area contributed by atoms with E-state index < -0.39 is 0 Å². The van der Waals surface area contributed by atoms with E-state index in [9.17, 15) is 0 Å². The van der Waals surface area contributed by atoms with Crippen LogP contribution in [0.5, 0.6) is 5.75 Å². The van der Waals surface area contributed by atoms with Crippen LogP contribution in [0.3, 0.4) is 0 Å². The summed E-state index contributed by atoms with van der Waals surface area (Å²) in [4.78, 5) is 0. The van der Waals surface area contributed by atoms with Crippen LogP contribution in [0, 0.1) is 5.92 Å². The van der Waals surface area contributed by atoms with E-state index in [-0.39, 0.29) is 5.60 Å². The third-order valence-corrected chi connectivity index (χ3v) is 5.07. The van der Waals surface area contributed by atoms with Gasteiger partial charge in [-0.3, -0.25) is 0 Å². The summed E-state index contributed by atoms with van der Waals surface area (Å²) in [5, 5.41) is 0. The molecular weight excluding hydrogens is 272 g/mol. The Hall–Kier alpha value is -1.28. The summed E-state index contributed by atoms with van der Waals surface area (Å²) >= 11 is 0. The first-order valence-corrected chi connectivity index (χ1v) is 8.54. The highest BCUT2D eigenvalue weighted by Gasteiger charge is 2.50.